The monoisotopic (exact) mass is 401 g/mol. The summed E-state index contributed by atoms with van der Waals surface area (Å²) in [4.78, 5) is 11.7. The third-order valence-corrected chi connectivity index (χ3v) is 4.99. The standard InChI is InChI=1S/C23H20FN5O/c24-21-12-19(11-20(13-21)23-26-28-29-27-23)18(14-22(25)30)10-15-6-8-17(9-7-15)16-4-2-1-3-5-16/h1-9,11-13,18H,10,14H2,(H2,25,30)(H,26,27,28,29). The fraction of sp³-hybridized carbons (Fsp3) is 0.130. The summed E-state index contributed by atoms with van der Waals surface area (Å²) in [5.41, 5.74) is 9.92. The van der Waals surface area contributed by atoms with Crippen LogP contribution in [0.1, 0.15) is 23.5 Å². The maximum absolute atomic E-state index is 14.3. The average molecular weight is 401 g/mol. The van der Waals surface area contributed by atoms with Crippen LogP contribution in [0.4, 0.5) is 4.39 Å². The first-order valence-corrected chi connectivity index (χ1v) is 9.55. The van der Waals surface area contributed by atoms with Crippen LogP contribution in [0.2, 0.25) is 0 Å². The number of aromatic nitrogens is 4. The van der Waals surface area contributed by atoms with Gasteiger partial charge in [-0.1, -0.05) is 54.6 Å². The van der Waals surface area contributed by atoms with Gasteiger partial charge in [0.1, 0.15) is 5.82 Å². The topological polar surface area (TPSA) is 97.5 Å². The van der Waals surface area contributed by atoms with Gasteiger partial charge < -0.3 is 5.73 Å². The molecule has 1 atom stereocenters. The molecule has 4 rings (SSSR count). The molecule has 7 heteroatoms. The Morgan fingerprint density at radius 1 is 0.967 bits per heavy atom. The number of primary amides is 1. The van der Waals surface area contributed by atoms with Crippen LogP contribution < -0.4 is 5.73 Å². The summed E-state index contributed by atoms with van der Waals surface area (Å²) in [7, 11) is 0. The van der Waals surface area contributed by atoms with Crippen molar-refractivity contribution in [2.75, 3.05) is 0 Å². The van der Waals surface area contributed by atoms with Gasteiger partial charge in [-0.15, -0.1) is 10.2 Å². The highest BCUT2D eigenvalue weighted by atomic mass is 19.1. The van der Waals surface area contributed by atoms with Crippen molar-refractivity contribution in [2.24, 2.45) is 5.73 Å². The molecule has 3 N–H and O–H groups in total. The SMILES string of the molecule is NC(=O)CC(Cc1ccc(-c2ccccc2)cc1)c1cc(F)cc(-c2nn[nH]n2)c1. The number of tetrazole rings is 1. The quantitative estimate of drug-likeness (QED) is 0.491. The molecule has 0 saturated heterocycles. The van der Waals surface area contributed by atoms with Gasteiger partial charge in [-0.2, -0.15) is 5.21 Å². The molecular weight excluding hydrogens is 381 g/mol. The molecular formula is C23H20FN5O. The second kappa shape index (κ2) is 8.65. The highest BCUT2D eigenvalue weighted by Crippen LogP contribution is 2.29. The van der Waals surface area contributed by atoms with Gasteiger partial charge in [-0.3, -0.25) is 4.79 Å². The van der Waals surface area contributed by atoms with Crippen molar-refractivity contribution in [1.82, 2.24) is 20.6 Å². The highest BCUT2D eigenvalue weighted by molar-refractivity contribution is 5.75. The number of amides is 1. The minimum Gasteiger partial charge on any atom is -0.370 e. The second-order valence-electron chi connectivity index (χ2n) is 7.14. The van der Waals surface area contributed by atoms with Crippen LogP contribution in [-0.4, -0.2) is 26.5 Å². The lowest BCUT2D eigenvalue weighted by molar-refractivity contribution is -0.118. The Labute approximate surface area is 173 Å². The molecule has 0 radical (unpaired) electrons. The molecule has 3 aromatic carbocycles. The van der Waals surface area contributed by atoms with Gasteiger partial charge >= 0.3 is 0 Å². The zero-order valence-electron chi connectivity index (χ0n) is 16.1. The van der Waals surface area contributed by atoms with E-state index >= 15 is 0 Å². The molecule has 150 valence electrons. The number of carbonyl (C=O) groups is 1. The van der Waals surface area contributed by atoms with Crippen molar-refractivity contribution in [2.45, 2.75) is 18.8 Å². The van der Waals surface area contributed by atoms with Crippen LogP contribution in [-0.2, 0) is 11.2 Å². The molecule has 1 amide bonds. The zero-order chi connectivity index (χ0) is 20.9. The minimum absolute atomic E-state index is 0.107. The van der Waals surface area contributed by atoms with Crippen molar-refractivity contribution in [1.29, 1.82) is 0 Å². The van der Waals surface area contributed by atoms with Crippen molar-refractivity contribution in [3.8, 4) is 22.5 Å². The first-order chi connectivity index (χ1) is 14.6. The van der Waals surface area contributed by atoms with E-state index in [-0.39, 0.29) is 12.3 Å². The number of hydrogen-bond donors (Lipinski definition) is 2. The molecule has 6 nitrogen and oxygen atoms in total. The van der Waals surface area contributed by atoms with Gasteiger partial charge in [0, 0.05) is 12.0 Å². The lowest BCUT2D eigenvalue weighted by Gasteiger charge is -2.17. The number of carbonyl (C=O) groups excluding carboxylic acids is 1. The van der Waals surface area contributed by atoms with E-state index in [0.717, 1.165) is 16.7 Å². The van der Waals surface area contributed by atoms with Crippen LogP contribution in [0.15, 0.2) is 72.8 Å². The first-order valence-electron chi connectivity index (χ1n) is 9.55. The van der Waals surface area contributed by atoms with Crippen LogP contribution in [0.3, 0.4) is 0 Å². The lowest BCUT2D eigenvalue weighted by Crippen LogP contribution is -2.17. The fourth-order valence-corrected chi connectivity index (χ4v) is 3.56. The van der Waals surface area contributed by atoms with E-state index in [1.807, 2.05) is 42.5 Å². The fourth-order valence-electron chi connectivity index (χ4n) is 3.56. The summed E-state index contributed by atoms with van der Waals surface area (Å²) >= 11 is 0. The Morgan fingerprint density at radius 2 is 1.70 bits per heavy atom. The van der Waals surface area contributed by atoms with Gasteiger partial charge in [0.15, 0.2) is 0 Å². The number of hydrogen-bond acceptors (Lipinski definition) is 4. The molecule has 4 aromatic rings. The molecule has 0 fully saturated rings. The Kier molecular flexibility index (Phi) is 5.61. The first kappa shape index (κ1) is 19.4. The van der Waals surface area contributed by atoms with Crippen molar-refractivity contribution in [3.05, 3.63) is 89.7 Å². The van der Waals surface area contributed by atoms with E-state index in [2.05, 4.69) is 32.8 Å². The summed E-state index contributed by atoms with van der Waals surface area (Å²) in [5, 5.41) is 13.7. The number of H-pyrrole nitrogens is 1. The Bertz CT molecular complexity index is 1130. The third-order valence-electron chi connectivity index (χ3n) is 4.99. The smallest absolute Gasteiger partial charge is 0.218 e. The van der Waals surface area contributed by atoms with E-state index in [9.17, 15) is 9.18 Å². The number of nitrogens with two attached hydrogens (primary N) is 1. The van der Waals surface area contributed by atoms with Gasteiger partial charge in [0.2, 0.25) is 11.7 Å². The summed E-state index contributed by atoms with van der Waals surface area (Å²) in [6, 6.07) is 22.8. The molecule has 0 aliphatic carbocycles. The number of aromatic amines is 1. The molecule has 0 aliphatic rings. The molecule has 30 heavy (non-hydrogen) atoms. The Hall–Kier alpha value is -3.87. The lowest BCUT2D eigenvalue weighted by atomic mass is 9.87. The molecule has 1 heterocycles. The predicted octanol–water partition coefficient (Wildman–Crippen LogP) is 3.87. The summed E-state index contributed by atoms with van der Waals surface area (Å²) < 4.78 is 14.3. The zero-order valence-corrected chi connectivity index (χ0v) is 16.1. The molecule has 0 bridgehead atoms. The number of rotatable bonds is 7. The van der Waals surface area contributed by atoms with Gasteiger partial charge in [-0.25, -0.2) is 4.39 Å². The van der Waals surface area contributed by atoms with Gasteiger partial charge in [0.25, 0.3) is 0 Å². The third kappa shape index (κ3) is 4.57. The van der Waals surface area contributed by atoms with Crippen LogP contribution in [0, 0.1) is 5.82 Å². The van der Waals surface area contributed by atoms with Crippen LogP contribution in [0.25, 0.3) is 22.5 Å². The summed E-state index contributed by atoms with van der Waals surface area (Å²) in [6.07, 6.45) is 0.655. The molecule has 0 spiro atoms. The summed E-state index contributed by atoms with van der Waals surface area (Å²) in [6.45, 7) is 0. The normalized spacial score (nSPS) is 11.9. The summed E-state index contributed by atoms with van der Waals surface area (Å²) in [5.74, 6) is -0.848. The second-order valence-corrected chi connectivity index (χ2v) is 7.14. The van der Waals surface area contributed by atoms with E-state index in [0.29, 0.717) is 23.4 Å². The Balaban J connectivity index is 1.61. The number of benzene rings is 3. The minimum atomic E-state index is -0.439. The largest absolute Gasteiger partial charge is 0.370 e. The van der Waals surface area contributed by atoms with Crippen molar-refractivity contribution in [3.63, 3.8) is 0 Å². The van der Waals surface area contributed by atoms with E-state index in [1.165, 1.54) is 12.1 Å². The van der Waals surface area contributed by atoms with Gasteiger partial charge in [0.05, 0.1) is 0 Å². The maximum Gasteiger partial charge on any atom is 0.218 e. The number of nitrogens with zero attached hydrogens (tertiary/aromatic N) is 3. The van der Waals surface area contributed by atoms with Crippen molar-refractivity contribution >= 4 is 5.91 Å². The molecule has 0 aliphatic heterocycles. The van der Waals surface area contributed by atoms with Gasteiger partial charge in [-0.05, 0) is 58.0 Å². The Morgan fingerprint density at radius 3 is 2.37 bits per heavy atom. The van der Waals surface area contributed by atoms with Crippen LogP contribution in [0.5, 0.6) is 0 Å². The highest BCUT2D eigenvalue weighted by Gasteiger charge is 2.18. The predicted molar refractivity (Wildman–Crippen MR) is 112 cm³/mol. The molecule has 1 aromatic heterocycles. The molecule has 0 saturated carbocycles. The number of nitrogens with one attached hydrogen (secondary N) is 1. The maximum atomic E-state index is 14.3. The van der Waals surface area contributed by atoms with E-state index < -0.39 is 11.7 Å². The van der Waals surface area contributed by atoms with Crippen molar-refractivity contribution < 1.29 is 9.18 Å². The average Bonchev–Trinajstić information content (AvgIpc) is 3.29. The van der Waals surface area contributed by atoms with E-state index in [4.69, 9.17) is 5.73 Å². The van der Waals surface area contributed by atoms with Crippen LogP contribution >= 0.6 is 0 Å². The van der Waals surface area contributed by atoms with E-state index in [1.54, 1.807) is 6.07 Å². The number of halogens is 1. The molecule has 1 unspecified atom stereocenters.